The molecule has 4 rings (SSSR count). The Balaban J connectivity index is 1.64. The summed E-state index contributed by atoms with van der Waals surface area (Å²) in [5.74, 6) is 0.138. The van der Waals surface area contributed by atoms with Crippen LogP contribution in [0.2, 0.25) is 10.0 Å². The number of ether oxygens (including phenoxy) is 1. The van der Waals surface area contributed by atoms with Crippen molar-refractivity contribution in [3.8, 4) is 5.75 Å². The molecule has 0 bridgehead atoms. The van der Waals surface area contributed by atoms with Crippen LogP contribution in [0.4, 0.5) is 5.69 Å². The van der Waals surface area contributed by atoms with Crippen LogP contribution in [-0.2, 0) is 20.4 Å². The van der Waals surface area contributed by atoms with Crippen molar-refractivity contribution in [2.24, 2.45) is 0 Å². The summed E-state index contributed by atoms with van der Waals surface area (Å²) < 4.78 is 31.2. The van der Waals surface area contributed by atoms with Crippen LogP contribution in [0.25, 0.3) is 6.08 Å². The maximum atomic E-state index is 13.0. The van der Waals surface area contributed by atoms with E-state index in [1.807, 2.05) is 12.1 Å². The topological polar surface area (TPSA) is 72.5 Å². The number of rotatable bonds is 5. The second-order valence-electron chi connectivity index (χ2n) is 6.96. The molecule has 164 valence electrons. The number of methoxy groups -OCH3 is 1. The highest BCUT2D eigenvalue weighted by molar-refractivity contribution is 8.04. The average Bonchev–Trinajstić information content (AvgIpc) is 2.77. The molecule has 0 aromatic heterocycles. The second-order valence-corrected chi connectivity index (χ2v) is 10.8. The Bertz CT molecular complexity index is 1320. The van der Waals surface area contributed by atoms with E-state index in [1.54, 1.807) is 55.7 Å². The first-order valence-electron chi connectivity index (χ1n) is 9.41. The molecule has 1 aliphatic rings. The van der Waals surface area contributed by atoms with Gasteiger partial charge in [0.2, 0.25) is 0 Å². The highest BCUT2D eigenvalue weighted by Crippen LogP contribution is 2.40. The van der Waals surface area contributed by atoms with Crippen molar-refractivity contribution in [3.63, 3.8) is 0 Å². The van der Waals surface area contributed by atoms with Crippen molar-refractivity contribution in [1.82, 2.24) is 0 Å². The van der Waals surface area contributed by atoms with E-state index in [1.165, 1.54) is 17.8 Å². The summed E-state index contributed by atoms with van der Waals surface area (Å²) in [6, 6.07) is 16.8. The molecule has 32 heavy (non-hydrogen) atoms. The van der Waals surface area contributed by atoms with E-state index >= 15 is 0 Å². The van der Waals surface area contributed by atoms with Gasteiger partial charge in [-0.15, -0.1) is 0 Å². The molecule has 0 atom stereocenters. The Hall–Kier alpha value is -2.45. The lowest BCUT2D eigenvalue weighted by Crippen LogP contribution is -2.17. The second kappa shape index (κ2) is 9.19. The number of benzene rings is 3. The number of hydrogen-bond donors (Lipinski definition) is 1. The number of hydrogen-bond acceptors (Lipinski definition) is 5. The third-order valence-corrected chi connectivity index (χ3v) is 8.24. The maximum Gasteiger partial charge on any atom is 0.262 e. The van der Waals surface area contributed by atoms with E-state index in [0.717, 1.165) is 5.56 Å². The van der Waals surface area contributed by atoms with Gasteiger partial charge < -0.3 is 10.1 Å². The van der Waals surface area contributed by atoms with Gasteiger partial charge in [-0.2, -0.15) is 0 Å². The number of nitrogens with one attached hydrogen (secondary N) is 1. The molecule has 1 heterocycles. The zero-order valence-corrected chi connectivity index (χ0v) is 19.9. The lowest BCUT2D eigenvalue weighted by atomic mass is 10.2. The van der Waals surface area contributed by atoms with E-state index in [0.29, 0.717) is 36.8 Å². The fourth-order valence-electron chi connectivity index (χ4n) is 3.12. The Morgan fingerprint density at radius 2 is 1.72 bits per heavy atom. The van der Waals surface area contributed by atoms with Crippen molar-refractivity contribution < 1.29 is 17.9 Å². The summed E-state index contributed by atoms with van der Waals surface area (Å²) in [6.45, 7) is 0. The Labute approximate surface area is 200 Å². The Morgan fingerprint density at radius 3 is 2.38 bits per heavy atom. The molecular formula is C23H17Cl2NO4S2. The molecular weight excluding hydrogens is 489 g/mol. The zero-order chi connectivity index (χ0) is 22.9. The number of thioether (sulfide) groups is 1. The van der Waals surface area contributed by atoms with Crippen molar-refractivity contribution in [1.29, 1.82) is 0 Å². The predicted molar refractivity (Wildman–Crippen MR) is 129 cm³/mol. The summed E-state index contributed by atoms with van der Waals surface area (Å²) >= 11 is 13.5. The minimum absolute atomic E-state index is 0.125. The van der Waals surface area contributed by atoms with Gasteiger partial charge in [0.05, 0.1) is 28.4 Å². The molecule has 1 amide bonds. The van der Waals surface area contributed by atoms with Crippen LogP contribution in [-0.4, -0.2) is 21.4 Å². The van der Waals surface area contributed by atoms with Crippen molar-refractivity contribution in [2.75, 3.05) is 12.4 Å². The minimum Gasteiger partial charge on any atom is -0.497 e. The quantitative estimate of drug-likeness (QED) is 0.426. The number of carbonyl (C=O) groups excluding carboxylic acids is 1. The van der Waals surface area contributed by atoms with Gasteiger partial charge in [-0.05, 0) is 54.1 Å². The van der Waals surface area contributed by atoms with Gasteiger partial charge in [-0.25, -0.2) is 8.42 Å². The van der Waals surface area contributed by atoms with E-state index in [4.69, 9.17) is 27.9 Å². The average molecular weight is 506 g/mol. The number of sulfone groups is 1. The molecule has 5 nitrogen and oxygen atoms in total. The first-order chi connectivity index (χ1) is 15.3. The fraction of sp³-hybridized carbons (Fsp3) is 0.0870. The summed E-state index contributed by atoms with van der Waals surface area (Å²) in [7, 11) is -2.13. The minimum atomic E-state index is -3.72. The summed E-state index contributed by atoms with van der Waals surface area (Å²) in [5.41, 5.74) is 1.74. The van der Waals surface area contributed by atoms with Crippen LogP contribution in [0.3, 0.4) is 0 Å². The summed E-state index contributed by atoms with van der Waals surface area (Å²) in [4.78, 5) is 13.7. The Kier molecular flexibility index (Phi) is 6.53. The van der Waals surface area contributed by atoms with Gasteiger partial charge >= 0.3 is 0 Å². The number of fused-ring (bicyclic) bond motifs is 1. The smallest absolute Gasteiger partial charge is 0.262 e. The molecule has 1 N–H and O–H groups in total. The predicted octanol–water partition coefficient (Wildman–Crippen LogP) is 6.06. The zero-order valence-electron chi connectivity index (χ0n) is 16.8. The van der Waals surface area contributed by atoms with Gasteiger partial charge in [0, 0.05) is 20.5 Å². The molecule has 9 heteroatoms. The normalized spacial score (nSPS) is 14.7. The third-order valence-electron chi connectivity index (χ3n) is 4.81. The van der Waals surface area contributed by atoms with E-state index < -0.39 is 9.84 Å². The molecule has 3 aromatic carbocycles. The van der Waals surface area contributed by atoms with Crippen LogP contribution in [0, 0.1) is 0 Å². The SMILES string of the molecule is COc1ccc(/C=C2/Sc3cc(S(=O)(=O)Cc4c(Cl)cccc4Cl)ccc3NC2=O)cc1. The number of amides is 1. The van der Waals surface area contributed by atoms with Crippen LogP contribution in [0.15, 0.2) is 75.4 Å². The highest BCUT2D eigenvalue weighted by Gasteiger charge is 2.25. The first-order valence-corrected chi connectivity index (χ1v) is 12.6. The van der Waals surface area contributed by atoms with Gasteiger partial charge in [0.1, 0.15) is 5.75 Å². The lowest BCUT2D eigenvalue weighted by Gasteiger charge is -2.19. The number of carbonyl (C=O) groups is 1. The molecule has 0 unspecified atom stereocenters. The first kappa shape index (κ1) is 22.7. The van der Waals surface area contributed by atoms with Gasteiger partial charge in [-0.3, -0.25) is 4.79 Å². The molecule has 3 aromatic rings. The van der Waals surface area contributed by atoms with E-state index in [9.17, 15) is 13.2 Å². The van der Waals surface area contributed by atoms with Crippen molar-refractivity contribution in [3.05, 3.63) is 86.7 Å². The van der Waals surface area contributed by atoms with Crippen LogP contribution < -0.4 is 10.1 Å². The maximum absolute atomic E-state index is 13.0. The van der Waals surface area contributed by atoms with E-state index in [-0.39, 0.29) is 16.6 Å². The van der Waals surface area contributed by atoms with Crippen molar-refractivity contribution in [2.45, 2.75) is 15.5 Å². The lowest BCUT2D eigenvalue weighted by molar-refractivity contribution is -0.112. The molecule has 0 saturated carbocycles. The Morgan fingerprint density at radius 1 is 1.03 bits per heavy atom. The van der Waals surface area contributed by atoms with Crippen LogP contribution >= 0.6 is 35.0 Å². The standard InChI is InChI=1S/C23H17Cl2NO4S2/c1-30-15-7-5-14(6-8-15)11-22-23(27)26-20-10-9-16(12-21(20)31-22)32(28,29)13-17-18(24)3-2-4-19(17)25/h2-12H,13H2,1H3,(H,26,27)/b22-11+. The molecule has 0 aliphatic carbocycles. The number of anilines is 1. The van der Waals surface area contributed by atoms with Gasteiger partial charge in [0.15, 0.2) is 9.84 Å². The van der Waals surface area contributed by atoms with Gasteiger partial charge in [0.25, 0.3) is 5.91 Å². The molecule has 0 spiro atoms. The van der Waals surface area contributed by atoms with Crippen LogP contribution in [0.5, 0.6) is 5.75 Å². The number of halogens is 2. The monoisotopic (exact) mass is 505 g/mol. The van der Waals surface area contributed by atoms with E-state index in [2.05, 4.69) is 5.32 Å². The fourth-order valence-corrected chi connectivity index (χ4v) is 6.31. The third kappa shape index (κ3) is 4.81. The molecule has 0 radical (unpaired) electrons. The van der Waals surface area contributed by atoms with Gasteiger partial charge in [-0.1, -0.05) is 53.2 Å². The molecule has 0 fully saturated rings. The summed E-state index contributed by atoms with van der Waals surface area (Å²) in [5, 5.41) is 3.40. The highest BCUT2D eigenvalue weighted by atomic mass is 35.5. The van der Waals surface area contributed by atoms with Crippen LogP contribution in [0.1, 0.15) is 11.1 Å². The summed E-state index contributed by atoms with van der Waals surface area (Å²) in [6.07, 6.45) is 1.74. The molecule has 0 saturated heterocycles. The largest absolute Gasteiger partial charge is 0.497 e. The van der Waals surface area contributed by atoms with Crippen molar-refractivity contribution >= 4 is 62.5 Å². The molecule has 1 aliphatic heterocycles.